The number of hydrazine groups is 1. The van der Waals surface area contributed by atoms with E-state index in [1.807, 2.05) is 30.3 Å². The highest BCUT2D eigenvalue weighted by molar-refractivity contribution is 5.83. The van der Waals surface area contributed by atoms with Crippen LogP contribution in [0.1, 0.15) is 44.6 Å². The average Bonchev–Trinajstić information content (AvgIpc) is 3.26. The molecule has 2 rings (SSSR count). The zero-order valence-corrected chi connectivity index (χ0v) is 18.2. The molecule has 1 heterocycles. The van der Waals surface area contributed by atoms with Crippen molar-refractivity contribution < 1.29 is 24.2 Å². The lowest BCUT2D eigenvalue weighted by Crippen LogP contribution is -2.57. The van der Waals surface area contributed by atoms with Crippen LogP contribution in [0.25, 0.3) is 0 Å². The molecule has 1 aromatic carbocycles. The van der Waals surface area contributed by atoms with Crippen LogP contribution in [0.2, 0.25) is 0 Å². The molecule has 1 aliphatic rings. The standard InChI is InChI=1S/C22H34N4O5/c1-2-31-21(29)18(13-12-17-9-4-3-5-10-17)24-26(16-7-6-14-23)22(30)25-15-8-11-19(25)20(27)28/h3-5,9-10,18-19,24H,2,6-8,11-16,23H2,1H3,(H,27,28). The molecule has 172 valence electrons. The number of nitrogens with two attached hydrogens (primary N) is 1. The van der Waals surface area contributed by atoms with Crippen LogP contribution in [-0.2, 0) is 20.7 Å². The number of hydrogen-bond donors (Lipinski definition) is 3. The Hall–Kier alpha value is -2.65. The third kappa shape index (κ3) is 7.52. The minimum Gasteiger partial charge on any atom is -0.480 e. The van der Waals surface area contributed by atoms with Crippen molar-refractivity contribution in [3.63, 3.8) is 0 Å². The maximum atomic E-state index is 13.2. The third-order valence-corrected chi connectivity index (χ3v) is 5.30. The van der Waals surface area contributed by atoms with Gasteiger partial charge in [-0.3, -0.25) is 9.80 Å². The number of likely N-dealkylation sites (tertiary alicyclic amines) is 1. The fourth-order valence-electron chi connectivity index (χ4n) is 3.66. The quantitative estimate of drug-likeness (QED) is 0.260. The molecule has 2 amide bonds. The molecule has 4 N–H and O–H groups in total. The monoisotopic (exact) mass is 434 g/mol. The molecule has 1 fully saturated rings. The van der Waals surface area contributed by atoms with Crippen molar-refractivity contribution in [3.8, 4) is 0 Å². The molecule has 9 nitrogen and oxygen atoms in total. The molecule has 9 heteroatoms. The van der Waals surface area contributed by atoms with Crippen LogP contribution < -0.4 is 11.2 Å². The summed E-state index contributed by atoms with van der Waals surface area (Å²) in [5.41, 5.74) is 9.70. The Morgan fingerprint density at radius 1 is 1.29 bits per heavy atom. The number of aryl methyl sites for hydroxylation is 1. The summed E-state index contributed by atoms with van der Waals surface area (Å²) in [7, 11) is 0. The van der Waals surface area contributed by atoms with Crippen molar-refractivity contribution in [3.05, 3.63) is 35.9 Å². The fourth-order valence-corrected chi connectivity index (χ4v) is 3.66. The van der Waals surface area contributed by atoms with Gasteiger partial charge in [-0.25, -0.2) is 15.0 Å². The van der Waals surface area contributed by atoms with Crippen molar-refractivity contribution in [2.45, 2.75) is 57.5 Å². The van der Waals surface area contributed by atoms with Gasteiger partial charge in [0.25, 0.3) is 0 Å². The molecule has 2 atom stereocenters. The lowest BCUT2D eigenvalue weighted by Gasteiger charge is -2.33. The van der Waals surface area contributed by atoms with E-state index < -0.39 is 30.1 Å². The van der Waals surface area contributed by atoms with E-state index in [2.05, 4.69) is 5.43 Å². The highest BCUT2D eigenvalue weighted by atomic mass is 16.5. The van der Waals surface area contributed by atoms with Gasteiger partial charge in [-0.1, -0.05) is 30.3 Å². The molecule has 1 aliphatic heterocycles. The lowest BCUT2D eigenvalue weighted by atomic mass is 10.1. The Labute approximate surface area is 183 Å². The predicted molar refractivity (Wildman–Crippen MR) is 116 cm³/mol. The summed E-state index contributed by atoms with van der Waals surface area (Å²) in [6, 6.07) is 7.74. The van der Waals surface area contributed by atoms with Gasteiger partial charge in [0, 0.05) is 13.1 Å². The van der Waals surface area contributed by atoms with Crippen LogP contribution in [0.3, 0.4) is 0 Å². The number of carbonyl (C=O) groups is 3. The van der Waals surface area contributed by atoms with E-state index >= 15 is 0 Å². The number of rotatable bonds is 12. The van der Waals surface area contributed by atoms with Gasteiger partial charge in [0.15, 0.2) is 0 Å². The average molecular weight is 435 g/mol. The first-order valence-corrected chi connectivity index (χ1v) is 11.0. The Balaban J connectivity index is 2.14. The summed E-state index contributed by atoms with van der Waals surface area (Å²) in [5.74, 6) is -1.45. The van der Waals surface area contributed by atoms with Gasteiger partial charge in [-0.05, 0) is 57.6 Å². The highest BCUT2D eigenvalue weighted by Crippen LogP contribution is 2.19. The number of nitrogens with zero attached hydrogens (tertiary/aromatic N) is 2. The first-order valence-electron chi connectivity index (χ1n) is 11.0. The van der Waals surface area contributed by atoms with Crippen LogP contribution in [-0.4, -0.2) is 71.3 Å². The molecule has 0 saturated carbocycles. The van der Waals surface area contributed by atoms with Gasteiger partial charge in [-0.2, -0.15) is 0 Å². The number of ether oxygens (including phenoxy) is 1. The molecule has 31 heavy (non-hydrogen) atoms. The lowest BCUT2D eigenvalue weighted by molar-refractivity contribution is -0.147. The largest absolute Gasteiger partial charge is 0.480 e. The second-order valence-corrected chi connectivity index (χ2v) is 7.58. The minimum absolute atomic E-state index is 0.233. The summed E-state index contributed by atoms with van der Waals surface area (Å²) in [5, 5.41) is 10.8. The second kappa shape index (κ2) is 12.9. The van der Waals surface area contributed by atoms with Crippen LogP contribution in [0, 0.1) is 0 Å². The second-order valence-electron chi connectivity index (χ2n) is 7.58. The maximum Gasteiger partial charge on any atom is 0.335 e. The number of carbonyl (C=O) groups excluding carboxylic acids is 2. The number of esters is 1. The number of urea groups is 1. The van der Waals surface area contributed by atoms with Crippen molar-refractivity contribution in [1.29, 1.82) is 0 Å². The number of nitrogens with one attached hydrogen (secondary N) is 1. The van der Waals surface area contributed by atoms with E-state index in [1.165, 1.54) is 9.91 Å². The molecular formula is C22H34N4O5. The SMILES string of the molecule is CCOC(=O)C(CCc1ccccc1)NN(CCCCN)C(=O)N1CCCC1C(=O)O. The summed E-state index contributed by atoms with van der Waals surface area (Å²) in [6.07, 6.45) is 3.47. The number of aliphatic carboxylic acids is 1. The van der Waals surface area contributed by atoms with E-state index in [-0.39, 0.29) is 6.61 Å². The normalized spacial score (nSPS) is 16.7. The van der Waals surface area contributed by atoms with Crippen molar-refractivity contribution in [2.75, 3.05) is 26.2 Å². The number of carboxylic acid groups (broad SMARTS) is 1. The first kappa shape index (κ1) is 24.6. The van der Waals surface area contributed by atoms with E-state index in [4.69, 9.17) is 10.5 Å². The molecule has 1 saturated heterocycles. The first-order chi connectivity index (χ1) is 15.0. The van der Waals surface area contributed by atoms with Crippen LogP contribution in [0.15, 0.2) is 30.3 Å². The van der Waals surface area contributed by atoms with Crippen LogP contribution >= 0.6 is 0 Å². The molecule has 0 radical (unpaired) electrons. The van der Waals surface area contributed by atoms with Gasteiger partial charge in [0.2, 0.25) is 0 Å². The smallest absolute Gasteiger partial charge is 0.335 e. The molecule has 0 aromatic heterocycles. The molecule has 1 aromatic rings. The molecule has 0 bridgehead atoms. The zero-order valence-electron chi connectivity index (χ0n) is 18.2. The Morgan fingerprint density at radius 3 is 2.68 bits per heavy atom. The third-order valence-electron chi connectivity index (χ3n) is 5.30. The van der Waals surface area contributed by atoms with E-state index in [0.29, 0.717) is 58.2 Å². The van der Waals surface area contributed by atoms with Crippen LogP contribution in [0.5, 0.6) is 0 Å². The zero-order chi connectivity index (χ0) is 22.6. The van der Waals surface area contributed by atoms with Crippen molar-refractivity contribution in [2.24, 2.45) is 5.73 Å². The number of unbranched alkanes of at least 4 members (excludes halogenated alkanes) is 1. The number of hydrogen-bond acceptors (Lipinski definition) is 6. The van der Waals surface area contributed by atoms with Crippen molar-refractivity contribution in [1.82, 2.24) is 15.3 Å². The summed E-state index contributed by atoms with van der Waals surface area (Å²) in [4.78, 5) is 38.7. The van der Waals surface area contributed by atoms with Crippen molar-refractivity contribution >= 4 is 18.0 Å². The molecule has 0 spiro atoms. The van der Waals surface area contributed by atoms with Gasteiger partial charge >= 0.3 is 18.0 Å². The summed E-state index contributed by atoms with van der Waals surface area (Å²) in [6.45, 7) is 3.15. The predicted octanol–water partition coefficient (Wildman–Crippen LogP) is 1.77. The van der Waals surface area contributed by atoms with Gasteiger partial charge in [-0.15, -0.1) is 0 Å². The van der Waals surface area contributed by atoms with Crippen LogP contribution in [0.4, 0.5) is 4.79 Å². The summed E-state index contributed by atoms with van der Waals surface area (Å²) >= 11 is 0. The molecular weight excluding hydrogens is 400 g/mol. The highest BCUT2D eigenvalue weighted by Gasteiger charge is 2.37. The van der Waals surface area contributed by atoms with Gasteiger partial charge in [0.05, 0.1) is 6.61 Å². The Kier molecular flexibility index (Phi) is 10.3. The maximum absolute atomic E-state index is 13.2. The number of amides is 2. The van der Waals surface area contributed by atoms with E-state index in [1.54, 1.807) is 6.92 Å². The Bertz CT molecular complexity index is 715. The summed E-state index contributed by atoms with van der Waals surface area (Å²) < 4.78 is 5.22. The fraction of sp³-hybridized carbons (Fsp3) is 0.591. The Morgan fingerprint density at radius 2 is 2.03 bits per heavy atom. The van der Waals surface area contributed by atoms with Gasteiger partial charge < -0.3 is 20.5 Å². The minimum atomic E-state index is -1.02. The number of carboxylic acids is 1. The topological polar surface area (TPSA) is 125 Å². The van der Waals surface area contributed by atoms with Gasteiger partial charge in [0.1, 0.15) is 12.1 Å². The van der Waals surface area contributed by atoms with E-state index in [9.17, 15) is 19.5 Å². The molecule has 0 aliphatic carbocycles. The van der Waals surface area contributed by atoms with E-state index in [0.717, 1.165) is 5.56 Å². The number of benzene rings is 1. The molecule has 2 unspecified atom stereocenters.